The lowest BCUT2D eigenvalue weighted by atomic mass is 10.2. The molecule has 1 heterocycles. The quantitative estimate of drug-likeness (QED) is 0.731. The Bertz CT molecular complexity index is 153. The van der Waals surface area contributed by atoms with Crippen molar-refractivity contribution in [1.82, 2.24) is 10.2 Å². The number of rotatable bonds is 6. The third-order valence-electron chi connectivity index (χ3n) is 2.84. The van der Waals surface area contributed by atoms with Gasteiger partial charge < -0.3 is 10.2 Å². The van der Waals surface area contributed by atoms with Crippen LogP contribution in [-0.4, -0.2) is 43.8 Å². The topological polar surface area (TPSA) is 15.3 Å². The van der Waals surface area contributed by atoms with Crippen molar-refractivity contribution >= 4 is 0 Å². The first-order chi connectivity index (χ1) is 8.72. The zero-order chi connectivity index (χ0) is 14.4. The lowest BCUT2D eigenvalue weighted by molar-refractivity contribution is 0.285. The van der Waals surface area contributed by atoms with E-state index in [0.717, 1.165) is 13.1 Å². The van der Waals surface area contributed by atoms with Gasteiger partial charge in [-0.25, -0.2) is 4.39 Å². The van der Waals surface area contributed by atoms with E-state index >= 15 is 0 Å². The number of alkyl halides is 1. The lowest BCUT2D eigenvalue weighted by Gasteiger charge is -2.20. The summed E-state index contributed by atoms with van der Waals surface area (Å²) in [5, 5.41) is 3.21. The predicted molar refractivity (Wildman–Crippen MR) is 81.0 cm³/mol. The van der Waals surface area contributed by atoms with Gasteiger partial charge in [-0.15, -0.1) is 0 Å². The Morgan fingerprint density at radius 3 is 2.22 bits per heavy atom. The maximum Gasteiger partial charge on any atom is 0.114 e. The SMILES string of the molecule is CC.CC.CCCCCN(C)CC1CC(F)CN1. The predicted octanol–water partition coefficient (Wildman–Crippen LogP) is 3.86. The molecule has 1 aliphatic heterocycles. The van der Waals surface area contributed by atoms with E-state index in [1.807, 2.05) is 27.7 Å². The molecule has 0 aromatic rings. The lowest BCUT2D eigenvalue weighted by Crippen LogP contribution is -2.35. The molecule has 1 rings (SSSR count). The van der Waals surface area contributed by atoms with E-state index in [4.69, 9.17) is 0 Å². The third kappa shape index (κ3) is 11.0. The smallest absolute Gasteiger partial charge is 0.114 e. The molecule has 1 N–H and O–H groups in total. The zero-order valence-electron chi connectivity index (χ0n) is 13.4. The minimum Gasteiger partial charge on any atom is -0.310 e. The fourth-order valence-electron chi connectivity index (χ4n) is 2.01. The molecule has 0 bridgehead atoms. The van der Waals surface area contributed by atoms with E-state index < -0.39 is 6.17 Å². The van der Waals surface area contributed by atoms with Crippen molar-refractivity contribution in [2.75, 3.05) is 26.7 Å². The Morgan fingerprint density at radius 2 is 1.78 bits per heavy atom. The van der Waals surface area contributed by atoms with Crippen LogP contribution in [0.25, 0.3) is 0 Å². The van der Waals surface area contributed by atoms with Crippen LogP contribution in [0.5, 0.6) is 0 Å². The highest BCUT2D eigenvalue weighted by Crippen LogP contribution is 2.10. The molecule has 1 saturated heterocycles. The van der Waals surface area contributed by atoms with Crippen molar-refractivity contribution in [1.29, 1.82) is 0 Å². The van der Waals surface area contributed by atoms with Gasteiger partial charge in [0.05, 0.1) is 0 Å². The zero-order valence-corrected chi connectivity index (χ0v) is 13.4. The fourth-order valence-corrected chi connectivity index (χ4v) is 2.01. The van der Waals surface area contributed by atoms with Crippen LogP contribution in [-0.2, 0) is 0 Å². The minimum absolute atomic E-state index is 0.372. The van der Waals surface area contributed by atoms with Crippen molar-refractivity contribution in [3.05, 3.63) is 0 Å². The van der Waals surface area contributed by atoms with Gasteiger partial charge in [0.2, 0.25) is 0 Å². The van der Waals surface area contributed by atoms with Gasteiger partial charge in [-0.3, -0.25) is 0 Å². The van der Waals surface area contributed by atoms with Crippen molar-refractivity contribution in [2.24, 2.45) is 0 Å². The molecule has 0 aliphatic carbocycles. The number of unbranched alkanes of at least 4 members (excludes halogenated alkanes) is 2. The summed E-state index contributed by atoms with van der Waals surface area (Å²) in [5.74, 6) is 0. The van der Waals surface area contributed by atoms with E-state index in [0.29, 0.717) is 19.0 Å². The van der Waals surface area contributed by atoms with Gasteiger partial charge in [-0.1, -0.05) is 47.5 Å². The standard InChI is InChI=1S/C11H23FN2.2C2H6/c1-3-4-5-6-14(2)9-11-7-10(12)8-13-11;2*1-2/h10-11,13H,3-9H2,1-2H3;2*1-2H3. The monoisotopic (exact) mass is 262 g/mol. The van der Waals surface area contributed by atoms with Gasteiger partial charge in [-0.2, -0.15) is 0 Å². The Hall–Kier alpha value is -0.150. The summed E-state index contributed by atoms with van der Waals surface area (Å²) < 4.78 is 12.8. The molecule has 0 aromatic carbocycles. The van der Waals surface area contributed by atoms with Gasteiger partial charge >= 0.3 is 0 Å². The Morgan fingerprint density at radius 1 is 1.17 bits per heavy atom. The van der Waals surface area contributed by atoms with E-state index in [1.54, 1.807) is 0 Å². The van der Waals surface area contributed by atoms with Crippen LogP contribution < -0.4 is 5.32 Å². The normalized spacial score (nSPS) is 22.0. The second-order valence-corrected chi connectivity index (χ2v) is 4.41. The second-order valence-electron chi connectivity index (χ2n) is 4.41. The summed E-state index contributed by atoms with van der Waals surface area (Å²) in [6, 6.07) is 0.372. The van der Waals surface area contributed by atoms with Crippen molar-refractivity contribution in [3.63, 3.8) is 0 Å². The highest BCUT2D eigenvalue weighted by Gasteiger charge is 2.23. The molecule has 0 saturated carbocycles. The van der Waals surface area contributed by atoms with Crippen LogP contribution in [0.3, 0.4) is 0 Å². The fraction of sp³-hybridized carbons (Fsp3) is 1.00. The maximum absolute atomic E-state index is 12.8. The molecule has 2 atom stereocenters. The summed E-state index contributed by atoms with van der Waals surface area (Å²) >= 11 is 0. The van der Waals surface area contributed by atoms with Crippen molar-refractivity contribution in [2.45, 2.75) is 72.5 Å². The summed E-state index contributed by atoms with van der Waals surface area (Å²) in [6.45, 7) is 12.9. The van der Waals surface area contributed by atoms with Crippen LogP contribution in [0.15, 0.2) is 0 Å². The van der Waals surface area contributed by atoms with E-state index in [1.165, 1.54) is 19.3 Å². The molecule has 0 spiro atoms. The molecule has 2 nitrogen and oxygen atoms in total. The Balaban J connectivity index is 0. The highest BCUT2D eigenvalue weighted by molar-refractivity contribution is 4.83. The first kappa shape index (κ1) is 20.2. The van der Waals surface area contributed by atoms with E-state index in [-0.39, 0.29) is 0 Å². The molecular weight excluding hydrogens is 227 g/mol. The number of nitrogens with one attached hydrogen (secondary N) is 1. The average Bonchev–Trinajstić information content (AvgIpc) is 2.80. The third-order valence-corrected chi connectivity index (χ3v) is 2.84. The summed E-state index contributed by atoms with van der Waals surface area (Å²) in [4.78, 5) is 2.31. The molecule has 112 valence electrons. The number of nitrogens with zero attached hydrogens (tertiary/aromatic N) is 1. The van der Waals surface area contributed by atoms with Crippen LogP contribution in [0.4, 0.5) is 4.39 Å². The van der Waals surface area contributed by atoms with Crippen LogP contribution in [0, 0.1) is 0 Å². The highest BCUT2D eigenvalue weighted by atomic mass is 19.1. The van der Waals surface area contributed by atoms with Crippen LogP contribution in [0.2, 0.25) is 0 Å². The molecule has 18 heavy (non-hydrogen) atoms. The summed E-state index contributed by atoms with van der Waals surface area (Å²) in [6.07, 6.45) is 3.90. The van der Waals surface area contributed by atoms with Crippen LogP contribution in [0.1, 0.15) is 60.3 Å². The first-order valence-electron chi connectivity index (χ1n) is 7.78. The van der Waals surface area contributed by atoms with Crippen molar-refractivity contribution < 1.29 is 4.39 Å². The molecule has 0 amide bonds. The van der Waals surface area contributed by atoms with E-state index in [2.05, 4.69) is 24.2 Å². The van der Waals surface area contributed by atoms with Gasteiger partial charge in [0.1, 0.15) is 6.17 Å². The summed E-state index contributed by atoms with van der Waals surface area (Å²) in [5.41, 5.74) is 0. The number of hydrogen-bond donors (Lipinski definition) is 1. The largest absolute Gasteiger partial charge is 0.310 e. The first-order valence-corrected chi connectivity index (χ1v) is 7.78. The van der Waals surface area contributed by atoms with Gasteiger partial charge in [0.25, 0.3) is 0 Å². The second kappa shape index (κ2) is 14.9. The Labute approximate surface area is 114 Å². The number of halogens is 1. The number of hydrogen-bond acceptors (Lipinski definition) is 2. The van der Waals surface area contributed by atoms with E-state index in [9.17, 15) is 4.39 Å². The maximum atomic E-state index is 12.8. The Kier molecular flexibility index (Phi) is 16.7. The average molecular weight is 262 g/mol. The molecule has 1 fully saturated rings. The molecule has 0 radical (unpaired) electrons. The van der Waals surface area contributed by atoms with Gasteiger partial charge in [0, 0.05) is 19.1 Å². The number of likely N-dealkylation sites (N-methyl/N-ethyl adjacent to an activating group) is 1. The summed E-state index contributed by atoms with van der Waals surface area (Å²) in [7, 11) is 2.13. The van der Waals surface area contributed by atoms with Crippen LogP contribution >= 0.6 is 0 Å². The van der Waals surface area contributed by atoms with Gasteiger partial charge in [0.15, 0.2) is 0 Å². The molecule has 1 aliphatic rings. The minimum atomic E-state index is -0.621. The van der Waals surface area contributed by atoms with Crippen molar-refractivity contribution in [3.8, 4) is 0 Å². The molecule has 0 aromatic heterocycles. The molecular formula is C15H35FN2. The van der Waals surface area contributed by atoms with Gasteiger partial charge in [-0.05, 0) is 26.4 Å². The molecule has 3 heteroatoms. The molecule has 2 unspecified atom stereocenters.